The van der Waals surface area contributed by atoms with Gasteiger partial charge in [-0.3, -0.25) is 14.5 Å². The van der Waals surface area contributed by atoms with E-state index in [0.717, 1.165) is 42.6 Å². The summed E-state index contributed by atoms with van der Waals surface area (Å²) in [4.78, 5) is 31.1. The zero-order chi connectivity index (χ0) is 20.9. The minimum atomic E-state index is -0.0761. The van der Waals surface area contributed by atoms with Crippen LogP contribution in [0, 0.1) is 0 Å². The van der Waals surface area contributed by atoms with Gasteiger partial charge in [-0.1, -0.05) is 29.8 Å². The van der Waals surface area contributed by atoms with Gasteiger partial charge in [-0.25, -0.2) is 0 Å². The van der Waals surface area contributed by atoms with Crippen molar-refractivity contribution in [2.45, 2.75) is 13.1 Å². The molecule has 156 valence electrons. The van der Waals surface area contributed by atoms with Crippen LogP contribution in [-0.4, -0.2) is 47.8 Å². The van der Waals surface area contributed by atoms with Gasteiger partial charge in [0.15, 0.2) is 0 Å². The molecule has 0 saturated carbocycles. The number of hydrogen-bond donors (Lipinski definition) is 1. The molecule has 2 aromatic heterocycles. The zero-order valence-corrected chi connectivity index (χ0v) is 18.7. The van der Waals surface area contributed by atoms with E-state index >= 15 is 0 Å². The second-order valence-electron chi connectivity index (χ2n) is 7.13. The minimum Gasteiger partial charge on any atom is -0.347 e. The lowest BCUT2D eigenvalue weighted by Crippen LogP contribution is -2.48. The molecular formula is C22H22ClN3O2S2. The van der Waals surface area contributed by atoms with Crippen molar-refractivity contribution in [3.8, 4) is 0 Å². The fourth-order valence-electron chi connectivity index (χ4n) is 3.39. The Morgan fingerprint density at radius 3 is 2.40 bits per heavy atom. The van der Waals surface area contributed by atoms with Crippen LogP contribution in [0.2, 0.25) is 4.34 Å². The lowest BCUT2D eigenvalue weighted by molar-refractivity contribution is 0.0629. The van der Waals surface area contributed by atoms with Gasteiger partial charge in [0.1, 0.15) is 0 Å². The summed E-state index contributed by atoms with van der Waals surface area (Å²) in [6, 6.07) is 15.1. The predicted molar refractivity (Wildman–Crippen MR) is 122 cm³/mol. The predicted octanol–water partition coefficient (Wildman–Crippen LogP) is 4.35. The molecule has 1 aliphatic rings. The number of nitrogens with zero attached hydrogens (tertiary/aromatic N) is 2. The maximum atomic E-state index is 12.8. The number of carbonyl (C=O) groups excluding carboxylic acids is 2. The number of piperazine rings is 1. The van der Waals surface area contributed by atoms with E-state index in [9.17, 15) is 9.59 Å². The average Bonchev–Trinajstić information content (AvgIpc) is 3.45. The van der Waals surface area contributed by atoms with Crippen LogP contribution in [0.1, 0.15) is 30.5 Å². The van der Waals surface area contributed by atoms with E-state index in [-0.39, 0.29) is 11.8 Å². The van der Waals surface area contributed by atoms with Gasteiger partial charge in [-0.2, -0.15) is 0 Å². The molecule has 0 radical (unpaired) electrons. The van der Waals surface area contributed by atoms with Crippen LogP contribution in [0.25, 0.3) is 0 Å². The van der Waals surface area contributed by atoms with E-state index in [1.807, 2.05) is 46.7 Å². The fraction of sp³-hybridized carbons (Fsp3) is 0.273. The zero-order valence-electron chi connectivity index (χ0n) is 16.3. The molecule has 1 fully saturated rings. The van der Waals surface area contributed by atoms with Gasteiger partial charge in [0.2, 0.25) is 0 Å². The lowest BCUT2D eigenvalue weighted by Gasteiger charge is -2.34. The average molecular weight is 460 g/mol. The Balaban J connectivity index is 1.26. The van der Waals surface area contributed by atoms with Crippen LogP contribution in [0.5, 0.6) is 0 Å². The molecule has 3 heterocycles. The summed E-state index contributed by atoms with van der Waals surface area (Å²) in [5.41, 5.74) is 1.65. The second-order valence-corrected chi connectivity index (χ2v) is 9.88. The number of benzene rings is 1. The highest BCUT2D eigenvalue weighted by Crippen LogP contribution is 2.23. The van der Waals surface area contributed by atoms with Gasteiger partial charge in [-0.15, -0.1) is 22.7 Å². The van der Waals surface area contributed by atoms with E-state index in [1.54, 1.807) is 17.4 Å². The van der Waals surface area contributed by atoms with Crippen molar-refractivity contribution in [1.29, 1.82) is 0 Å². The first-order chi connectivity index (χ1) is 14.6. The van der Waals surface area contributed by atoms with Crippen LogP contribution in [0.4, 0.5) is 0 Å². The molecule has 0 bridgehead atoms. The third-order valence-electron chi connectivity index (χ3n) is 5.07. The van der Waals surface area contributed by atoms with Crippen LogP contribution in [0.15, 0.2) is 53.9 Å². The molecule has 1 aromatic carbocycles. The second kappa shape index (κ2) is 9.75. The van der Waals surface area contributed by atoms with Gasteiger partial charge in [0, 0.05) is 49.7 Å². The summed E-state index contributed by atoms with van der Waals surface area (Å²) in [5.74, 6) is -0.0177. The van der Waals surface area contributed by atoms with Crippen molar-refractivity contribution < 1.29 is 9.59 Å². The summed E-state index contributed by atoms with van der Waals surface area (Å²) in [6.07, 6.45) is 0. The van der Waals surface area contributed by atoms with Crippen molar-refractivity contribution in [1.82, 2.24) is 15.1 Å². The first-order valence-electron chi connectivity index (χ1n) is 9.75. The molecule has 3 aromatic rings. The monoisotopic (exact) mass is 459 g/mol. The normalized spacial score (nSPS) is 14.6. The Hall–Kier alpha value is -2.19. The molecule has 30 heavy (non-hydrogen) atoms. The van der Waals surface area contributed by atoms with Gasteiger partial charge in [-0.05, 0) is 41.3 Å². The lowest BCUT2D eigenvalue weighted by atomic mass is 10.1. The van der Waals surface area contributed by atoms with Crippen molar-refractivity contribution in [3.05, 3.63) is 79.1 Å². The van der Waals surface area contributed by atoms with Crippen molar-refractivity contribution in [2.75, 3.05) is 26.2 Å². The standard InChI is InChI=1S/C22H22ClN3O2S2/c23-20-8-7-18(30-20)15-25-9-11-26(12-10-25)22(28)17-5-3-16(4-6-17)14-24-21(27)19-2-1-13-29-19/h1-8,13H,9-12,14-15H2,(H,24,27). The first kappa shape index (κ1) is 21.1. The Bertz CT molecular complexity index is 994. The van der Waals surface area contributed by atoms with Crippen molar-refractivity contribution in [3.63, 3.8) is 0 Å². The number of halogens is 1. The molecule has 1 N–H and O–H groups in total. The Morgan fingerprint density at radius 1 is 1.00 bits per heavy atom. The van der Waals surface area contributed by atoms with E-state index in [1.165, 1.54) is 16.2 Å². The van der Waals surface area contributed by atoms with Crippen LogP contribution in [0.3, 0.4) is 0 Å². The minimum absolute atomic E-state index is 0.0583. The largest absolute Gasteiger partial charge is 0.347 e. The van der Waals surface area contributed by atoms with Crippen LogP contribution < -0.4 is 5.32 Å². The summed E-state index contributed by atoms with van der Waals surface area (Å²) in [5, 5.41) is 4.78. The van der Waals surface area contributed by atoms with Crippen molar-refractivity contribution >= 4 is 46.1 Å². The van der Waals surface area contributed by atoms with Gasteiger partial charge in [0.05, 0.1) is 9.21 Å². The molecule has 8 heteroatoms. The van der Waals surface area contributed by atoms with Crippen LogP contribution >= 0.6 is 34.3 Å². The number of nitrogens with one attached hydrogen (secondary N) is 1. The summed E-state index contributed by atoms with van der Waals surface area (Å²) < 4.78 is 0.813. The molecule has 0 aliphatic carbocycles. The maximum Gasteiger partial charge on any atom is 0.261 e. The SMILES string of the molecule is O=C(NCc1ccc(C(=O)N2CCN(Cc3ccc(Cl)s3)CC2)cc1)c1cccs1. The third kappa shape index (κ3) is 5.29. The third-order valence-corrected chi connectivity index (χ3v) is 7.15. The van der Waals surface area contributed by atoms with E-state index < -0.39 is 0 Å². The number of thiophene rings is 2. The first-order valence-corrected chi connectivity index (χ1v) is 11.8. The van der Waals surface area contributed by atoms with Crippen molar-refractivity contribution in [2.24, 2.45) is 0 Å². The molecule has 4 rings (SSSR count). The van der Waals surface area contributed by atoms with E-state index in [4.69, 9.17) is 11.6 Å². The molecule has 0 spiro atoms. The molecule has 1 saturated heterocycles. The summed E-state index contributed by atoms with van der Waals surface area (Å²) >= 11 is 9.04. The fourth-order valence-corrected chi connectivity index (χ4v) is 5.16. The highest BCUT2D eigenvalue weighted by atomic mass is 35.5. The van der Waals surface area contributed by atoms with Gasteiger partial charge in [0.25, 0.3) is 11.8 Å². The molecule has 0 atom stereocenters. The smallest absolute Gasteiger partial charge is 0.261 e. The summed E-state index contributed by atoms with van der Waals surface area (Å²) in [7, 11) is 0. The quantitative estimate of drug-likeness (QED) is 0.596. The molecular weight excluding hydrogens is 438 g/mol. The van der Waals surface area contributed by atoms with Gasteiger partial charge >= 0.3 is 0 Å². The highest BCUT2D eigenvalue weighted by Gasteiger charge is 2.22. The van der Waals surface area contributed by atoms with Crippen LogP contribution in [-0.2, 0) is 13.1 Å². The highest BCUT2D eigenvalue weighted by molar-refractivity contribution is 7.16. The number of hydrogen-bond acceptors (Lipinski definition) is 5. The Kier molecular flexibility index (Phi) is 6.84. The molecule has 5 nitrogen and oxygen atoms in total. The maximum absolute atomic E-state index is 12.8. The Morgan fingerprint density at radius 2 is 1.77 bits per heavy atom. The number of rotatable bonds is 6. The Labute approximate surface area is 188 Å². The number of amides is 2. The summed E-state index contributed by atoms with van der Waals surface area (Å²) in [6.45, 7) is 4.47. The van der Waals surface area contributed by atoms with E-state index in [2.05, 4.69) is 16.3 Å². The van der Waals surface area contributed by atoms with E-state index in [0.29, 0.717) is 17.0 Å². The molecule has 1 aliphatic heterocycles. The topological polar surface area (TPSA) is 52.7 Å². The molecule has 0 unspecified atom stereocenters. The van der Waals surface area contributed by atoms with Gasteiger partial charge < -0.3 is 10.2 Å². The number of carbonyl (C=O) groups is 2. The molecule has 2 amide bonds.